The molecule has 1 heterocycles. The van der Waals surface area contributed by atoms with Crippen LogP contribution in [-0.2, 0) is 4.74 Å². The average molecular weight is 154 g/mol. The molecule has 0 radical (unpaired) electrons. The smallest absolute Gasteiger partial charge is 0.0892 e. The molecule has 0 amide bonds. The van der Waals surface area contributed by atoms with E-state index in [0.717, 1.165) is 0 Å². The van der Waals surface area contributed by atoms with Crippen molar-refractivity contribution in [1.29, 1.82) is 0 Å². The maximum atomic E-state index is 5.47. The second-order valence-corrected chi connectivity index (χ2v) is 3.88. The maximum Gasteiger partial charge on any atom is 0.0892 e. The van der Waals surface area contributed by atoms with Gasteiger partial charge < -0.3 is 4.74 Å². The fraction of sp³-hybridized carbons (Fsp3) is 0.800. The Morgan fingerprint density at radius 3 is 2.45 bits per heavy atom. The summed E-state index contributed by atoms with van der Waals surface area (Å²) in [5.41, 5.74) is 1.64. The molecule has 1 heteroatoms. The molecule has 1 atom stereocenters. The van der Waals surface area contributed by atoms with E-state index >= 15 is 0 Å². The van der Waals surface area contributed by atoms with Gasteiger partial charge in [-0.05, 0) is 40.5 Å². The number of hydrogen-bond acceptors (Lipinski definition) is 1. The molecule has 0 bridgehead atoms. The number of epoxide rings is 1. The minimum absolute atomic E-state index is 0.175. The Hall–Kier alpha value is -0.300. The van der Waals surface area contributed by atoms with Gasteiger partial charge in [-0.1, -0.05) is 11.6 Å². The lowest BCUT2D eigenvalue weighted by molar-refractivity contribution is 0.320. The fourth-order valence-electron chi connectivity index (χ4n) is 1.24. The molecule has 0 aromatic heterocycles. The minimum atomic E-state index is 0.175. The topological polar surface area (TPSA) is 12.5 Å². The highest BCUT2D eigenvalue weighted by Crippen LogP contribution is 2.38. The van der Waals surface area contributed by atoms with Gasteiger partial charge in [0.05, 0.1) is 11.7 Å². The summed E-state index contributed by atoms with van der Waals surface area (Å²) in [5.74, 6) is 0. The van der Waals surface area contributed by atoms with Crippen LogP contribution in [-0.4, -0.2) is 11.7 Å². The van der Waals surface area contributed by atoms with Crippen molar-refractivity contribution < 1.29 is 4.74 Å². The fourth-order valence-corrected chi connectivity index (χ4v) is 1.24. The molecule has 0 aliphatic carbocycles. The van der Waals surface area contributed by atoms with Crippen molar-refractivity contribution in [2.24, 2.45) is 0 Å². The highest BCUT2D eigenvalue weighted by molar-refractivity contribution is 5.01. The standard InChI is InChI=1S/C10H18O/c1-5-8(2)6-7-9-10(3,4)11-9/h5,9H,6-7H2,1-4H3/b8-5-. The third-order valence-corrected chi connectivity index (χ3v) is 2.46. The Morgan fingerprint density at radius 2 is 2.09 bits per heavy atom. The highest BCUT2D eigenvalue weighted by atomic mass is 16.6. The molecule has 1 fully saturated rings. The van der Waals surface area contributed by atoms with Crippen LogP contribution in [0.25, 0.3) is 0 Å². The third-order valence-electron chi connectivity index (χ3n) is 2.46. The number of allylic oxidation sites excluding steroid dienone is 2. The summed E-state index contributed by atoms with van der Waals surface area (Å²) in [6.07, 6.45) is 5.06. The van der Waals surface area contributed by atoms with E-state index < -0.39 is 0 Å². The largest absolute Gasteiger partial charge is 0.367 e. The third kappa shape index (κ3) is 2.33. The van der Waals surface area contributed by atoms with Crippen LogP contribution in [0.2, 0.25) is 0 Å². The Balaban J connectivity index is 2.16. The van der Waals surface area contributed by atoms with Crippen LogP contribution < -0.4 is 0 Å². The predicted molar refractivity (Wildman–Crippen MR) is 47.6 cm³/mol. The van der Waals surface area contributed by atoms with Gasteiger partial charge in [0.2, 0.25) is 0 Å². The molecule has 1 rings (SSSR count). The van der Waals surface area contributed by atoms with E-state index in [2.05, 4.69) is 33.8 Å². The first-order valence-electron chi connectivity index (χ1n) is 4.36. The van der Waals surface area contributed by atoms with Crippen LogP contribution in [0.5, 0.6) is 0 Å². The van der Waals surface area contributed by atoms with Gasteiger partial charge >= 0.3 is 0 Å². The van der Waals surface area contributed by atoms with E-state index in [1.807, 2.05) is 0 Å². The van der Waals surface area contributed by atoms with E-state index in [0.29, 0.717) is 6.10 Å². The highest BCUT2D eigenvalue weighted by Gasteiger charge is 2.46. The van der Waals surface area contributed by atoms with Gasteiger partial charge in [0.15, 0.2) is 0 Å². The zero-order valence-corrected chi connectivity index (χ0v) is 7.98. The molecule has 11 heavy (non-hydrogen) atoms. The monoisotopic (exact) mass is 154 g/mol. The zero-order chi connectivity index (χ0) is 8.48. The van der Waals surface area contributed by atoms with Crippen molar-refractivity contribution in [3.8, 4) is 0 Å². The van der Waals surface area contributed by atoms with Gasteiger partial charge in [0, 0.05) is 0 Å². The second kappa shape index (κ2) is 2.98. The van der Waals surface area contributed by atoms with Gasteiger partial charge in [-0.15, -0.1) is 0 Å². The van der Waals surface area contributed by atoms with Crippen LogP contribution >= 0.6 is 0 Å². The maximum absolute atomic E-state index is 5.47. The second-order valence-electron chi connectivity index (χ2n) is 3.88. The van der Waals surface area contributed by atoms with Gasteiger partial charge in [-0.2, -0.15) is 0 Å². The number of hydrogen-bond donors (Lipinski definition) is 0. The van der Waals surface area contributed by atoms with E-state index in [-0.39, 0.29) is 5.60 Å². The molecular weight excluding hydrogens is 136 g/mol. The molecule has 1 unspecified atom stereocenters. The number of rotatable bonds is 3. The van der Waals surface area contributed by atoms with Crippen molar-refractivity contribution in [1.82, 2.24) is 0 Å². The SMILES string of the molecule is C/C=C(/C)CCC1OC1(C)C. The summed E-state index contributed by atoms with van der Waals surface area (Å²) in [7, 11) is 0. The molecule has 1 aliphatic heterocycles. The van der Waals surface area contributed by atoms with Gasteiger partial charge in [-0.25, -0.2) is 0 Å². The Bertz CT molecular complexity index is 168. The molecule has 1 aliphatic rings. The average Bonchev–Trinajstić information content (AvgIpc) is 2.54. The minimum Gasteiger partial charge on any atom is -0.367 e. The van der Waals surface area contributed by atoms with Gasteiger partial charge in [0.25, 0.3) is 0 Å². The lowest BCUT2D eigenvalue weighted by Crippen LogP contribution is -2.02. The summed E-state index contributed by atoms with van der Waals surface area (Å²) in [4.78, 5) is 0. The quantitative estimate of drug-likeness (QED) is 0.450. The Labute approximate surface area is 69.4 Å². The molecule has 1 saturated heterocycles. The van der Waals surface area contributed by atoms with Crippen LogP contribution in [0, 0.1) is 0 Å². The van der Waals surface area contributed by atoms with Gasteiger partial charge in [0.1, 0.15) is 0 Å². The first-order chi connectivity index (χ1) is 5.06. The Kier molecular flexibility index (Phi) is 2.38. The van der Waals surface area contributed by atoms with Crippen molar-refractivity contribution >= 4 is 0 Å². The van der Waals surface area contributed by atoms with E-state index in [1.54, 1.807) is 0 Å². The predicted octanol–water partition coefficient (Wildman–Crippen LogP) is 2.91. The molecule has 0 spiro atoms. The molecular formula is C10H18O. The normalized spacial score (nSPS) is 28.7. The van der Waals surface area contributed by atoms with E-state index in [4.69, 9.17) is 4.74 Å². The van der Waals surface area contributed by atoms with Crippen LogP contribution in [0.4, 0.5) is 0 Å². The number of ether oxygens (including phenoxy) is 1. The molecule has 64 valence electrons. The summed E-state index contributed by atoms with van der Waals surface area (Å²) in [6.45, 7) is 8.58. The van der Waals surface area contributed by atoms with Crippen LogP contribution in [0.3, 0.4) is 0 Å². The van der Waals surface area contributed by atoms with Crippen molar-refractivity contribution in [2.45, 2.75) is 52.2 Å². The molecule has 0 saturated carbocycles. The van der Waals surface area contributed by atoms with E-state index in [1.165, 1.54) is 18.4 Å². The first kappa shape index (κ1) is 8.79. The van der Waals surface area contributed by atoms with Crippen LogP contribution in [0.15, 0.2) is 11.6 Å². The molecule has 1 nitrogen and oxygen atoms in total. The lowest BCUT2D eigenvalue weighted by atomic mass is 10.0. The van der Waals surface area contributed by atoms with Crippen molar-refractivity contribution in [3.05, 3.63) is 11.6 Å². The lowest BCUT2D eigenvalue weighted by Gasteiger charge is -1.97. The van der Waals surface area contributed by atoms with Crippen molar-refractivity contribution in [3.63, 3.8) is 0 Å². The molecule has 0 N–H and O–H groups in total. The summed E-state index contributed by atoms with van der Waals surface area (Å²) < 4.78 is 5.47. The first-order valence-corrected chi connectivity index (χ1v) is 4.36. The zero-order valence-electron chi connectivity index (χ0n) is 7.98. The Morgan fingerprint density at radius 1 is 1.55 bits per heavy atom. The van der Waals surface area contributed by atoms with Crippen molar-refractivity contribution in [2.75, 3.05) is 0 Å². The molecule has 0 aromatic carbocycles. The van der Waals surface area contributed by atoms with Crippen LogP contribution in [0.1, 0.15) is 40.5 Å². The summed E-state index contributed by atoms with van der Waals surface area (Å²) in [5, 5.41) is 0. The van der Waals surface area contributed by atoms with Gasteiger partial charge in [-0.3, -0.25) is 0 Å². The summed E-state index contributed by atoms with van der Waals surface area (Å²) >= 11 is 0. The van der Waals surface area contributed by atoms with E-state index in [9.17, 15) is 0 Å². The molecule has 0 aromatic rings. The summed E-state index contributed by atoms with van der Waals surface area (Å²) in [6, 6.07) is 0.